The van der Waals surface area contributed by atoms with Crippen LogP contribution >= 0.6 is 0 Å². The van der Waals surface area contributed by atoms with Gasteiger partial charge in [-0.25, -0.2) is 4.79 Å². The summed E-state index contributed by atoms with van der Waals surface area (Å²) in [4.78, 5) is 12.3. The van der Waals surface area contributed by atoms with E-state index in [1.165, 1.54) is 0 Å². The van der Waals surface area contributed by atoms with Crippen molar-refractivity contribution >= 4 is 17.8 Å². The maximum absolute atomic E-state index is 12.3. The molecule has 0 saturated heterocycles. The Morgan fingerprint density at radius 2 is 1.69 bits per heavy atom. The molecule has 1 heterocycles. The Balaban J connectivity index is 1.49. The summed E-state index contributed by atoms with van der Waals surface area (Å²) in [6.07, 6.45) is 3.64. The number of carbonyl (C=O) groups is 1. The Kier molecular flexibility index (Phi) is 5.30. The highest BCUT2D eigenvalue weighted by atomic mass is 16.5. The van der Waals surface area contributed by atoms with Gasteiger partial charge < -0.3 is 9.47 Å². The normalized spacial score (nSPS) is 14.6. The first-order valence-electron chi connectivity index (χ1n) is 9.58. The second kappa shape index (κ2) is 8.19. The highest BCUT2D eigenvalue weighted by Gasteiger charge is 2.23. The molecule has 0 spiro atoms. The number of rotatable bonds is 5. The first-order valence-corrected chi connectivity index (χ1v) is 9.58. The molecule has 0 saturated carbocycles. The predicted molar refractivity (Wildman–Crippen MR) is 115 cm³/mol. The van der Waals surface area contributed by atoms with Gasteiger partial charge in [-0.1, -0.05) is 60.2 Å². The standard InChI is InChI=1S/C26H22O3/c1-18-8-9-19(2)24(14-18)25-16-22(26(27)29-25)15-20-10-12-23(13-11-20)28-17-21-6-4-3-5-7-21/h3-16H,17H2,1-2H3/b22-15+. The fourth-order valence-electron chi connectivity index (χ4n) is 3.20. The number of aryl methyl sites for hydroxylation is 2. The van der Waals surface area contributed by atoms with Crippen molar-refractivity contribution in [2.45, 2.75) is 20.5 Å². The van der Waals surface area contributed by atoms with Crippen LogP contribution in [0.4, 0.5) is 0 Å². The van der Waals surface area contributed by atoms with Gasteiger partial charge in [0.05, 0.1) is 5.57 Å². The number of hydrogen-bond acceptors (Lipinski definition) is 3. The van der Waals surface area contributed by atoms with Crippen LogP contribution in [-0.2, 0) is 16.1 Å². The van der Waals surface area contributed by atoms with Gasteiger partial charge in [0.1, 0.15) is 18.1 Å². The van der Waals surface area contributed by atoms with Gasteiger partial charge in [-0.05, 0) is 60.9 Å². The Hall–Kier alpha value is -3.59. The van der Waals surface area contributed by atoms with Crippen molar-refractivity contribution < 1.29 is 14.3 Å². The quantitative estimate of drug-likeness (QED) is 0.409. The van der Waals surface area contributed by atoms with E-state index >= 15 is 0 Å². The summed E-state index contributed by atoms with van der Waals surface area (Å²) < 4.78 is 11.3. The molecule has 0 N–H and O–H groups in total. The SMILES string of the molecule is Cc1ccc(C)c(C2=C/C(=C\c3ccc(OCc4ccccc4)cc3)C(=O)O2)c1. The van der Waals surface area contributed by atoms with Gasteiger partial charge in [-0.2, -0.15) is 0 Å². The second-order valence-corrected chi connectivity index (χ2v) is 7.16. The van der Waals surface area contributed by atoms with Crippen molar-refractivity contribution in [3.63, 3.8) is 0 Å². The molecule has 0 radical (unpaired) electrons. The van der Waals surface area contributed by atoms with Crippen LogP contribution in [0.3, 0.4) is 0 Å². The molecule has 144 valence electrons. The summed E-state index contributed by atoms with van der Waals surface area (Å²) in [6.45, 7) is 4.56. The van der Waals surface area contributed by atoms with Crippen LogP contribution in [0.1, 0.15) is 27.8 Å². The Bertz CT molecular complexity index is 1090. The summed E-state index contributed by atoms with van der Waals surface area (Å²) in [7, 11) is 0. The number of carbonyl (C=O) groups excluding carboxylic acids is 1. The first-order chi connectivity index (χ1) is 14.1. The van der Waals surface area contributed by atoms with Gasteiger partial charge in [0.25, 0.3) is 0 Å². The van der Waals surface area contributed by atoms with Crippen molar-refractivity contribution in [1.82, 2.24) is 0 Å². The number of hydrogen-bond donors (Lipinski definition) is 0. The molecule has 3 nitrogen and oxygen atoms in total. The topological polar surface area (TPSA) is 35.5 Å². The Labute approximate surface area is 170 Å². The maximum Gasteiger partial charge on any atom is 0.343 e. The highest BCUT2D eigenvalue weighted by Crippen LogP contribution is 2.30. The largest absolute Gasteiger partial charge is 0.489 e. The summed E-state index contributed by atoms with van der Waals surface area (Å²) in [6, 6.07) is 23.8. The number of esters is 1. The van der Waals surface area contributed by atoms with Gasteiger partial charge in [-0.3, -0.25) is 0 Å². The Morgan fingerprint density at radius 1 is 0.931 bits per heavy atom. The summed E-state index contributed by atoms with van der Waals surface area (Å²) in [5, 5.41) is 0. The molecule has 0 atom stereocenters. The van der Waals surface area contributed by atoms with Crippen LogP contribution < -0.4 is 4.74 Å². The first kappa shape index (κ1) is 18.8. The monoisotopic (exact) mass is 382 g/mol. The Morgan fingerprint density at radius 3 is 2.45 bits per heavy atom. The molecule has 4 rings (SSSR count). The molecule has 1 aliphatic rings. The molecule has 0 aromatic heterocycles. The van der Waals surface area contributed by atoms with Crippen molar-refractivity contribution in [2.24, 2.45) is 0 Å². The average Bonchev–Trinajstić information content (AvgIpc) is 3.10. The van der Waals surface area contributed by atoms with Gasteiger partial charge >= 0.3 is 5.97 Å². The average molecular weight is 382 g/mol. The minimum absolute atomic E-state index is 0.328. The summed E-state index contributed by atoms with van der Waals surface area (Å²) >= 11 is 0. The number of cyclic esters (lactones) is 1. The minimum atomic E-state index is -0.328. The highest BCUT2D eigenvalue weighted by molar-refractivity contribution is 6.05. The second-order valence-electron chi connectivity index (χ2n) is 7.16. The van der Waals surface area contributed by atoms with E-state index in [0.29, 0.717) is 17.9 Å². The van der Waals surface area contributed by atoms with Crippen molar-refractivity contribution in [3.05, 3.63) is 112 Å². The molecule has 3 aromatic rings. The van der Waals surface area contributed by atoms with Crippen LogP contribution in [0, 0.1) is 13.8 Å². The molecule has 0 aliphatic carbocycles. The molecule has 1 aliphatic heterocycles. The van der Waals surface area contributed by atoms with E-state index in [9.17, 15) is 4.79 Å². The third-order valence-corrected chi connectivity index (χ3v) is 4.83. The van der Waals surface area contributed by atoms with E-state index in [-0.39, 0.29) is 5.97 Å². The van der Waals surface area contributed by atoms with Gasteiger partial charge in [0.15, 0.2) is 0 Å². The van der Waals surface area contributed by atoms with E-state index in [2.05, 4.69) is 0 Å². The lowest BCUT2D eigenvalue weighted by molar-refractivity contribution is -0.130. The fourth-order valence-corrected chi connectivity index (χ4v) is 3.20. The smallest absolute Gasteiger partial charge is 0.343 e. The lowest BCUT2D eigenvalue weighted by atomic mass is 10.0. The van der Waals surface area contributed by atoms with E-state index in [0.717, 1.165) is 33.6 Å². The third kappa shape index (κ3) is 4.46. The number of benzene rings is 3. The zero-order valence-electron chi connectivity index (χ0n) is 16.5. The van der Waals surface area contributed by atoms with E-state index in [4.69, 9.17) is 9.47 Å². The van der Waals surface area contributed by atoms with E-state index in [1.54, 1.807) is 0 Å². The van der Waals surface area contributed by atoms with Gasteiger partial charge in [0, 0.05) is 5.56 Å². The van der Waals surface area contributed by atoms with Crippen molar-refractivity contribution in [1.29, 1.82) is 0 Å². The summed E-state index contributed by atoms with van der Waals surface area (Å²) in [5.41, 5.74) is 5.74. The molecular weight excluding hydrogens is 360 g/mol. The molecule has 3 aromatic carbocycles. The van der Waals surface area contributed by atoms with Crippen molar-refractivity contribution in [3.8, 4) is 5.75 Å². The van der Waals surface area contributed by atoms with E-state index in [1.807, 2.05) is 98.8 Å². The van der Waals surface area contributed by atoms with Gasteiger partial charge in [-0.15, -0.1) is 0 Å². The lowest BCUT2D eigenvalue weighted by Gasteiger charge is -2.06. The lowest BCUT2D eigenvalue weighted by Crippen LogP contribution is -1.98. The molecule has 0 fully saturated rings. The van der Waals surface area contributed by atoms with E-state index < -0.39 is 0 Å². The van der Waals surface area contributed by atoms with Crippen LogP contribution in [0.15, 0.2) is 84.4 Å². The third-order valence-electron chi connectivity index (χ3n) is 4.83. The van der Waals surface area contributed by atoms with Crippen LogP contribution in [0.25, 0.3) is 11.8 Å². The molecule has 0 unspecified atom stereocenters. The molecule has 29 heavy (non-hydrogen) atoms. The molecule has 3 heteroatoms. The van der Waals surface area contributed by atoms with Gasteiger partial charge in [0.2, 0.25) is 0 Å². The number of ether oxygens (including phenoxy) is 2. The zero-order valence-corrected chi connectivity index (χ0v) is 16.5. The predicted octanol–water partition coefficient (Wildman–Crippen LogP) is 5.86. The molecule has 0 amide bonds. The van der Waals surface area contributed by atoms with Crippen LogP contribution in [0.5, 0.6) is 5.75 Å². The fraction of sp³-hybridized carbons (Fsp3) is 0.115. The molecular formula is C26H22O3. The summed E-state index contributed by atoms with van der Waals surface area (Å²) in [5.74, 6) is 1.06. The van der Waals surface area contributed by atoms with Crippen molar-refractivity contribution in [2.75, 3.05) is 0 Å². The maximum atomic E-state index is 12.3. The van der Waals surface area contributed by atoms with Crippen LogP contribution in [-0.4, -0.2) is 5.97 Å². The zero-order chi connectivity index (χ0) is 20.2. The minimum Gasteiger partial charge on any atom is -0.489 e. The van der Waals surface area contributed by atoms with Crippen LogP contribution in [0.2, 0.25) is 0 Å². The molecule has 0 bridgehead atoms.